The van der Waals surface area contributed by atoms with Crippen LogP contribution in [0, 0.1) is 6.92 Å². The summed E-state index contributed by atoms with van der Waals surface area (Å²) in [4.78, 5) is 17.8. The van der Waals surface area contributed by atoms with E-state index in [1.807, 2.05) is 96.8 Å². The van der Waals surface area contributed by atoms with Gasteiger partial charge in [-0.2, -0.15) is 5.10 Å². The Morgan fingerprint density at radius 2 is 1.52 bits per heavy atom. The lowest BCUT2D eigenvalue weighted by atomic mass is 10.1. The van der Waals surface area contributed by atoms with Crippen LogP contribution in [-0.4, -0.2) is 46.8 Å². The van der Waals surface area contributed by atoms with Crippen LogP contribution in [0.15, 0.2) is 84.9 Å². The van der Waals surface area contributed by atoms with Crippen molar-refractivity contribution in [2.75, 3.05) is 31.1 Å². The highest BCUT2D eigenvalue weighted by Crippen LogP contribution is 2.27. The molecule has 0 spiro atoms. The minimum atomic E-state index is -0.0101. The summed E-state index contributed by atoms with van der Waals surface area (Å²) in [7, 11) is 0. The van der Waals surface area contributed by atoms with Gasteiger partial charge in [0.05, 0.1) is 22.1 Å². The molecule has 2 heterocycles. The highest BCUT2D eigenvalue weighted by molar-refractivity contribution is 6.33. The molecule has 33 heavy (non-hydrogen) atoms. The zero-order valence-corrected chi connectivity index (χ0v) is 19.2. The molecule has 0 saturated carbocycles. The Hall–Kier alpha value is -3.57. The van der Waals surface area contributed by atoms with Gasteiger partial charge in [-0.25, -0.2) is 4.68 Å². The molecule has 5 rings (SSSR count). The maximum atomic E-state index is 13.6. The molecule has 0 bridgehead atoms. The predicted molar refractivity (Wildman–Crippen MR) is 133 cm³/mol. The van der Waals surface area contributed by atoms with E-state index in [1.54, 1.807) is 4.68 Å². The summed E-state index contributed by atoms with van der Waals surface area (Å²) in [5.41, 5.74) is 5.40. The Labute approximate surface area is 198 Å². The Bertz CT molecular complexity index is 1260. The Balaban J connectivity index is 1.43. The summed E-state index contributed by atoms with van der Waals surface area (Å²) in [5, 5.41) is 5.55. The molecular formula is C27H25ClN4O. The molecule has 1 aliphatic rings. The first-order valence-electron chi connectivity index (χ1n) is 11.1. The molecule has 1 aliphatic heterocycles. The maximum absolute atomic E-state index is 13.6. The number of hydrogen-bond donors (Lipinski definition) is 0. The molecule has 6 heteroatoms. The molecule has 0 N–H and O–H groups in total. The van der Waals surface area contributed by atoms with Crippen LogP contribution in [0.1, 0.15) is 16.1 Å². The summed E-state index contributed by atoms with van der Waals surface area (Å²) >= 11 is 6.38. The third-order valence-electron chi connectivity index (χ3n) is 6.04. The van der Waals surface area contributed by atoms with Gasteiger partial charge in [0, 0.05) is 31.7 Å². The van der Waals surface area contributed by atoms with E-state index < -0.39 is 0 Å². The van der Waals surface area contributed by atoms with Crippen molar-refractivity contribution >= 4 is 23.2 Å². The topological polar surface area (TPSA) is 41.4 Å². The van der Waals surface area contributed by atoms with Gasteiger partial charge in [-0.3, -0.25) is 4.79 Å². The van der Waals surface area contributed by atoms with E-state index in [9.17, 15) is 4.79 Å². The van der Waals surface area contributed by atoms with Crippen molar-refractivity contribution in [1.29, 1.82) is 0 Å². The zero-order valence-electron chi connectivity index (χ0n) is 18.5. The van der Waals surface area contributed by atoms with Crippen LogP contribution in [0.4, 0.5) is 5.69 Å². The third-order valence-corrected chi connectivity index (χ3v) is 6.36. The first kappa shape index (κ1) is 21.3. The number of rotatable bonds is 4. The molecule has 0 atom stereocenters. The molecule has 0 radical (unpaired) electrons. The summed E-state index contributed by atoms with van der Waals surface area (Å²) < 4.78 is 1.77. The minimum absolute atomic E-state index is 0.0101. The van der Waals surface area contributed by atoms with Crippen molar-refractivity contribution in [3.05, 3.63) is 101 Å². The molecule has 166 valence electrons. The van der Waals surface area contributed by atoms with Crippen LogP contribution in [0.5, 0.6) is 0 Å². The molecular weight excluding hydrogens is 432 g/mol. The summed E-state index contributed by atoms with van der Waals surface area (Å²) in [6.45, 7) is 4.78. The fourth-order valence-corrected chi connectivity index (χ4v) is 4.44. The van der Waals surface area contributed by atoms with Gasteiger partial charge in [0.1, 0.15) is 5.69 Å². The largest absolute Gasteiger partial charge is 0.367 e. The number of benzene rings is 3. The lowest BCUT2D eigenvalue weighted by Crippen LogP contribution is -2.49. The van der Waals surface area contributed by atoms with Crippen LogP contribution >= 0.6 is 11.6 Å². The van der Waals surface area contributed by atoms with Gasteiger partial charge in [0.2, 0.25) is 0 Å². The number of aromatic nitrogens is 2. The van der Waals surface area contributed by atoms with Crippen molar-refractivity contribution in [2.24, 2.45) is 0 Å². The lowest BCUT2D eigenvalue weighted by molar-refractivity contribution is 0.0737. The second kappa shape index (κ2) is 9.12. The highest BCUT2D eigenvalue weighted by atomic mass is 35.5. The molecule has 4 aromatic rings. The van der Waals surface area contributed by atoms with Gasteiger partial charge in [0.25, 0.3) is 5.91 Å². The van der Waals surface area contributed by atoms with Crippen LogP contribution < -0.4 is 4.90 Å². The molecule has 1 aromatic heterocycles. The molecule has 1 fully saturated rings. The first-order valence-corrected chi connectivity index (χ1v) is 11.5. The summed E-state index contributed by atoms with van der Waals surface area (Å²) in [5.74, 6) is -0.0101. The third kappa shape index (κ3) is 4.37. The number of hydrogen-bond acceptors (Lipinski definition) is 3. The Morgan fingerprint density at radius 3 is 2.21 bits per heavy atom. The van der Waals surface area contributed by atoms with Crippen LogP contribution in [0.25, 0.3) is 16.9 Å². The van der Waals surface area contributed by atoms with Crippen molar-refractivity contribution < 1.29 is 4.79 Å². The molecule has 5 nitrogen and oxygen atoms in total. The van der Waals surface area contributed by atoms with Crippen molar-refractivity contribution in [3.8, 4) is 16.9 Å². The Kier molecular flexibility index (Phi) is 5.88. The number of halogens is 1. The standard InChI is InChI=1S/C27H25ClN4O/c1-20-11-13-22(14-12-20)32-26(19-24(29-32)21-7-3-2-4-8-21)27(33)31-17-15-30(16-18-31)25-10-6-5-9-23(25)28/h2-14,19H,15-18H2,1H3. The smallest absolute Gasteiger partial charge is 0.272 e. The van der Waals surface area contributed by atoms with E-state index in [0.29, 0.717) is 18.8 Å². The average Bonchev–Trinajstić information content (AvgIpc) is 3.31. The van der Waals surface area contributed by atoms with Gasteiger partial charge in [-0.05, 0) is 37.3 Å². The monoisotopic (exact) mass is 456 g/mol. The molecule has 1 amide bonds. The average molecular weight is 457 g/mol. The van der Waals surface area contributed by atoms with E-state index in [1.165, 1.54) is 0 Å². The maximum Gasteiger partial charge on any atom is 0.272 e. The predicted octanol–water partition coefficient (Wildman–Crippen LogP) is 5.46. The SMILES string of the molecule is Cc1ccc(-n2nc(-c3ccccc3)cc2C(=O)N2CCN(c3ccccc3Cl)CC2)cc1. The van der Waals surface area contributed by atoms with Crippen molar-refractivity contribution in [1.82, 2.24) is 14.7 Å². The number of para-hydroxylation sites is 1. The van der Waals surface area contributed by atoms with Crippen molar-refractivity contribution in [2.45, 2.75) is 6.92 Å². The highest BCUT2D eigenvalue weighted by Gasteiger charge is 2.27. The van der Waals surface area contributed by atoms with Gasteiger partial charge in [-0.15, -0.1) is 0 Å². The van der Waals surface area contributed by atoms with Crippen LogP contribution in [0.3, 0.4) is 0 Å². The van der Waals surface area contributed by atoms with Gasteiger partial charge >= 0.3 is 0 Å². The minimum Gasteiger partial charge on any atom is -0.367 e. The van der Waals surface area contributed by atoms with Crippen LogP contribution in [-0.2, 0) is 0 Å². The molecule has 3 aromatic carbocycles. The van der Waals surface area contributed by atoms with E-state index in [-0.39, 0.29) is 5.91 Å². The number of nitrogens with zero attached hydrogens (tertiary/aromatic N) is 4. The van der Waals surface area contributed by atoms with E-state index in [0.717, 1.165) is 46.3 Å². The Morgan fingerprint density at radius 1 is 0.848 bits per heavy atom. The van der Waals surface area contributed by atoms with Crippen molar-refractivity contribution in [3.63, 3.8) is 0 Å². The van der Waals surface area contributed by atoms with E-state index in [2.05, 4.69) is 4.90 Å². The van der Waals surface area contributed by atoms with E-state index >= 15 is 0 Å². The fraction of sp³-hybridized carbons (Fsp3) is 0.185. The summed E-state index contributed by atoms with van der Waals surface area (Å²) in [6.07, 6.45) is 0. The van der Waals surface area contributed by atoms with Gasteiger partial charge in [0.15, 0.2) is 0 Å². The zero-order chi connectivity index (χ0) is 22.8. The molecule has 0 unspecified atom stereocenters. The molecule has 0 aliphatic carbocycles. The second-order valence-electron chi connectivity index (χ2n) is 8.26. The number of amides is 1. The van der Waals surface area contributed by atoms with Crippen LogP contribution in [0.2, 0.25) is 5.02 Å². The second-order valence-corrected chi connectivity index (χ2v) is 8.67. The lowest BCUT2D eigenvalue weighted by Gasteiger charge is -2.36. The number of piperazine rings is 1. The number of carbonyl (C=O) groups excluding carboxylic acids is 1. The van der Waals surface area contributed by atoms with E-state index in [4.69, 9.17) is 16.7 Å². The number of aryl methyl sites for hydroxylation is 1. The molecule has 1 saturated heterocycles. The number of carbonyl (C=O) groups is 1. The van der Waals surface area contributed by atoms with Gasteiger partial charge in [-0.1, -0.05) is 71.8 Å². The summed E-state index contributed by atoms with van der Waals surface area (Å²) in [6, 6.07) is 27.8. The normalized spacial score (nSPS) is 13.9. The quantitative estimate of drug-likeness (QED) is 0.409. The van der Waals surface area contributed by atoms with Gasteiger partial charge < -0.3 is 9.80 Å². The first-order chi connectivity index (χ1) is 16.1. The number of anilines is 1. The fourth-order valence-electron chi connectivity index (χ4n) is 4.19.